The van der Waals surface area contributed by atoms with Gasteiger partial charge in [-0.05, 0) is 37.6 Å². The van der Waals surface area contributed by atoms with Crippen LogP contribution in [0.1, 0.15) is 48.9 Å². The average molecular weight is 302 g/mol. The van der Waals surface area contributed by atoms with Crippen LogP contribution in [0.3, 0.4) is 0 Å². The molecule has 0 aliphatic heterocycles. The summed E-state index contributed by atoms with van der Waals surface area (Å²) < 4.78 is 10.6. The molecule has 118 valence electrons. The van der Waals surface area contributed by atoms with Gasteiger partial charge in [-0.3, -0.25) is 4.79 Å². The molecule has 0 unspecified atom stereocenters. The second kappa shape index (κ2) is 8.22. The summed E-state index contributed by atoms with van der Waals surface area (Å²) in [5, 5.41) is 6.45. The summed E-state index contributed by atoms with van der Waals surface area (Å²) in [6.45, 7) is 4.68. The normalized spacial score (nSPS) is 10.5. The summed E-state index contributed by atoms with van der Waals surface area (Å²) in [5.41, 5.74) is 1.37. The summed E-state index contributed by atoms with van der Waals surface area (Å²) in [7, 11) is 0. The number of unbranched alkanes of at least 4 members (excludes halogenated alkanes) is 3. The molecular formula is C17H22N2O3. The van der Waals surface area contributed by atoms with Crippen molar-refractivity contribution in [2.24, 2.45) is 0 Å². The van der Waals surface area contributed by atoms with Crippen molar-refractivity contribution in [1.29, 1.82) is 0 Å². The first-order valence-electron chi connectivity index (χ1n) is 7.66. The number of ether oxygens (including phenoxy) is 1. The van der Waals surface area contributed by atoms with Crippen molar-refractivity contribution in [3.8, 4) is 5.75 Å². The van der Waals surface area contributed by atoms with Gasteiger partial charge in [-0.2, -0.15) is 0 Å². The first-order chi connectivity index (χ1) is 10.7. The van der Waals surface area contributed by atoms with Gasteiger partial charge in [-0.25, -0.2) is 0 Å². The van der Waals surface area contributed by atoms with Crippen molar-refractivity contribution in [3.63, 3.8) is 0 Å². The minimum Gasteiger partial charge on any atom is -0.494 e. The highest BCUT2D eigenvalue weighted by Gasteiger charge is 2.11. The lowest BCUT2D eigenvalue weighted by Crippen LogP contribution is -2.10. The number of carbonyl (C=O) groups is 1. The highest BCUT2D eigenvalue weighted by atomic mass is 16.5. The summed E-state index contributed by atoms with van der Waals surface area (Å²) >= 11 is 0. The zero-order valence-electron chi connectivity index (χ0n) is 13.1. The Kier molecular flexibility index (Phi) is 6.01. The highest BCUT2D eigenvalue weighted by Crippen LogP contribution is 2.17. The third-order valence-electron chi connectivity index (χ3n) is 3.23. The van der Waals surface area contributed by atoms with Crippen molar-refractivity contribution in [2.45, 2.75) is 39.5 Å². The fourth-order valence-electron chi connectivity index (χ4n) is 2.02. The third kappa shape index (κ3) is 4.91. The molecule has 0 fully saturated rings. The standard InChI is InChI=1S/C17H22N2O3/c1-3-4-5-6-11-21-15-9-7-14(8-10-15)18-17(20)16-12-13(2)19-22-16/h7-10,12H,3-6,11H2,1-2H3,(H,18,20). The van der Waals surface area contributed by atoms with E-state index >= 15 is 0 Å². The summed E-state index contributed by atoms with van der Waals surface area (Å²) in [6, 6.07) is 8.91. The highest BCUT2D eigenvalue weighted by molar-refractivity contribution is 6.02. The predicted octanol–water partition coefficient (Wildman–Crippen LogP) is 4.19. The molecule has 5 nitrogen and oxygen atoms in total. The SMILES string of the molecule is CCCCCCOc1ccc(NC(=O)c2cc(C)no2)cc1. The second-order valence-electron chi connectivity index (χ2n) is 5.22. The molecule has 0 spiro atoms. The second-order valence-corrected chi connectivity index (χ2v) is 5.22. The van der Waals surface area contributed by atoms with Crippen molar-refractivity contribution >= 4 is 11.6 Å². The van der Waals surface area contributed by atoms with E-state index in [0.717, 1.165) is 18.8 Å². The van der Waals surface area contributed by atoms with Gasteiger partial charge >= 0.3 is 0 Å². The quantitative estimate of drug-likeness (QED) is 0.742. The molecule has 2 rings (SSSR count). The van der Waals surface area contributed by atoms with Crippen LogP contribution in [-0.4, -0.2) is 17.7 Å². The number of hydrogen-bond acceptors (Lipinski definition) is 4. The van der Waals surface area contributed by atoms with Crippen LogP contribution in [0.15, 0.2) is 34.9 Å². The summed E-state index contributed by atoms with van der Waals surface area (Å²) in [5.74, 6) is 0.701. The topological polar surface area (TPSA) is 64.4 Å². The first kappa shape index (κ1) is 16.1. The van der Waals surface area contributed by atoms with Crippen LogP contribution in [0.25, 0.3) is 0 Å². The number of anilines is 1. The number of amides is 1. The Morgan fingerprint density at radius 2 is 2.00 bits per heavy atom. The van der Waals surface area contributed by atoms with E-state index in [-0.39, 0.29) is 11.7 Å². The lowest BCUT2D eigenvalue weighted by Gasteiger charge is -2.07. The van der Waals surface area contributed by atoms with Crippen LogP contribution >= 0.6 is 0 Å². The van der Waals surface area contributed by atoms with Gasteiger partial charge in [0.05, 0.1) is 12.3 Å². The van der Waals surface area contributed by atoms with E-state index < -0.39 is 0 Å². The van der Waals surface area contributed by atoms with Gasteiger partial charge in [0.15, 0.2) is 0 Å². The fraction of sp³-hybridized carbons (Fsp3) is 0.412. The number of benzene rings is 1. The van der Waals surface area contributed by atoms with Gasteiger partial charge in [0.1, 0.15) is 5.75 Å². The molecule has 2 aromatic rings. The molecule has 0 bridgehead atoms. The maximum absolute atomic E-state index is 11.9. The summed E-state index contributed by atoms with van der Waals surface area (Å²) in [6.07, 6.45) is 4.73. The Bertz CT molecular complexity index is 590. The monoisotopic (exact) mass is 302 g/mol. The Balaban J connectivity index is 1.80. The zero-order chi connectivity index (χ0) is 15.8. The molecule has 1 aromatic heterocycles. The van der Waals surface area contributed by atoms with E-state index in [4.69, 9.17) is 9.26 Å². The first-order valence-corrected chi connectivity index (χ1v) is 7.66. The van der Waals surface area contributed by atoms with E-state index in [0.29, 0.717) is 11.4 Å². The maximum Gasteiger partial charge on any atom is 0.294 e. The number of carbonyl (C=O) groups excluding carboxylic acids is 1. The fourth-order valence-corrected chi connectivity index (χ4v) is 2.02. The molecule has 22 heavy (non-hydrogen) atoms. The van der Waals surface area contributed by atoms with Gasteiger partial charge in [-0.15, -0.1) is 0 Å². The molecule has 0 saturated carbocycles. The minimum atomic E-state index is -0.311. The molecule has 1 aromatic carbocycles. The van der Waals surface area contributed by atoms with E-state index in [1.807, 2.05) is 24.3 Å². The van der Waals surface area contributed by atoms with Gasteiger partial charge in [0.25, 0.3) is 5.91 Å². The van der Waals surface area contributed by atoms with Gasteiger partial charge in [0, 0.05) is 11.8 Å². The van der Waals surface area contributed by atoms with E-state index in [1.165, 1.54) is 19.3 Å². The number of aryl methyl sites for hydroxylation is 1. The van der Waals surface area contributed by atoms with E-state index in [9.17, 15) is 4.79 Å². The molecule has 1 heterocycles. The van der Waals surface area contributed by atoms with Crippen molar-refractivity contribution < 1.29 is 14.1 Å². The molecule has 0 saturated heterocycles. The van der Waals surface area contributed by atoms with Gasteiger partial charge < -0.3 is 14.6 Å². The van der Waals surface area contributed by atoms with Gasteiger partial charge in [-0.1, -0.05) is 31.3 Å². The number of nitrogens with zero attached hydrogens (tertiary/aromatic N) is 1. The molecular weight excluding hydrogens is 280 g/mol. The Morgan fingerprint density at radius 3 is 2.64 bits per heavy atom. The minimum absolute atomic E-state index is 0.203. The maximum atomic E-state index is 11.9. The van der Waals surface area contributed by atoms with Crippen LogP contribution < -0.4 is 10.1 Å². The number of nitrogens with one attached hydrogen (secondary N) is 1. The molecule has 5 heteroatoms. The summed E-state index contributed by atoms with van der Waals surface area (Å²) in [4.78, 5) is 11.9. The van der Waals surface area contributed by atoms with Crippen LogP contribution in [0, 0.1) is 6.92 Å². The van der Waals surface area contributed by atoms with Crippen molar-refractivity contribution in [3.05, 3.63) is 41.8 Å². The molecule has 0 radical (unpaired) electrons. The molecule has 1 N–H and O–H groups in total. The van der Waals surface area contributed by atoms with Crippen LogP contribution in [-0.2, 0) is 0 Å². The number of hydrogen-bond donors (Lipinski definition) is 1. The van der Waals surface area contributed by atoms with Crippen LogP contribution in [0.2, 0.25) is 0 Å². The molecule has 0 aliphatic rings. The van der Waals surface area contributed by atoms with Crippen molar-refractivity contribution in [2.75, 3.05) is 11.9 Å². The smallest absolute Gasteiger partial charge is 0.294 e. The Hall–Kier alpha value is -2.30. The number of aromatic nitrogens is 1. The lowest BCUT2D eigenvalue weighted by atomic mass is 10.2. The van der Waals surface area contributed by atoms with E-state index in [1.54, 1.807) is 13.0 Å². The zero-order valence-corrected chi connectivity index (χ0v) is 13.1. The number of rotatable bonds is 8. The van der Waals surface area contributed by atoms with Crippen molar-refractivity contribution in [1.82, 2.24) is 5.16 Å². The Morgan fingerprint density at radius 1 is 1.23 bits per heavy atom. The van der Waals surface area contributed by atoms with Gasteiger partial charge in [0.2, 0.25) is 5.76 Å². The predicted molar refractivity (Wildman–Crippen MR) is 85.3 cm³/mol. The average Bonchev–Trinajstić information content (AvgIpc) is 2.95. The van der Waals surface area contributed by atoms with Crippen LogP contribution in [0.4, 0.5) is 5.69 Å². The lowest BCUT2D eigenvalue weighted by molar-refractivity contribution is 0.0988. The Labute approximate surface area is 130 Å². The third-order valence-corrected chi connectivity index (χ3v) is 3.23. The molecule has 1 amide bonds. The molecule has 0 atom stereocenters. The van der Waals surface area contributed by atoms with Crippen LogP contribution in [0.5, 0.6) is 5.75 Å². The van der Waals surface area contributed by atoms with E-state index in [2.05, 4.69) is 17.4 Å². The largest absolute Gasteiger partial charge is 0.494 e. The molecule has 0 aliphatic carbocycles.